The van der Waals surface area contributed by atoms with E-state index in [1.165, 1.54) is 18.3 Å². The minimum Gasteiger partial charge on any atom is -0.366 e. The van der Waals surface area contributed by atoms with Crippen molar-refractivity contribution in [2.24, 2.45) is 5.73 Å². The van der Waals surface area contributed by atoms with Crippen LogP contribution in [-0.4, -0.2) is 17.1 Å². The van der Waals surface area contributed by atoms with Crippen molar-refractivity contribution < 1.29 is 18.0 Å². The molecule has 1 amide bonds. The molecule has 0 spiro atoms. The second kappa shape index (κ2) is 4.29. The zero-order valence-corrected chi connectivity index (χ0v) is 7.71. The number of hydrogen-bond donors (Lipinski definition) is 1. The number of halogens is 3. The van der Waals surface area contributed by atoms with Gasteiger partial charge in [-0.1, -0.05) is 0 Å². The lowest BCUT2D eigenvalue weighted by Gasteiger charge is -2.07. The number of carbonyl (C=O) groups excluding carboxylic acids is 1. The number of aryl methyl sites for hydroxylation is 1. The number of pyridine rings is 1. The fourth-order valence-electron chi connectivity index (χ4n) is 1.12. The fourth-order valence-corrected chi connectivity index (χ4v) is 1.12. The van der Waals surface area contributed by atoms with Gasteiger partial charge in [0.2, 0.25) is 0 Å². The number of rotatable bonds is 3. The van der Waals surface area contributed by atoms with Gasteiger partial charge in [-0.05, 0) is 18.6 Å². The molecule has 0 saturated carbocycles. The summed E-state index contributed by atoms with van der Waals surface area (Å²) >= 11 is 0. The quantitative estimate of drug-likeness (QED) is 0.839. The van der Waals surface area contributed by atoms with E-state index in [0.717, 1.165) is 0 Å². The molecular formula is C9H9F3N2O. The Morgan fingerprint density at radius 1 is 1.47 bits per heavy atom. The first-order chi connectivity index (χ1) is 6.90. The predicted octanol–water partition coefficient (Wildman–Crippen LogP) is 1.68. The fraction of sp³-hybridized carbons (Fsp3) is 0.333. The van der Waals surface area contributed by atoms with E-state index >= 15 is 0 Å². The standard InChI is InChI=1S/C9H9F3N2O/c10-9(11,12)4-3-7-6(8(13)15)2-1-5-14-7/h1-2,5H,3-4H2,(H2,13,15). The van der Waals surface area contributed by atoms with E-state index in [1.807, 2.05) is 0 Å². The number of primary amides is 1. The summed E-state index contributed by atoms with van der Waals surface area (Å²) < 4.78 is 35.8. The molecule has 0 aliphatic carbocycles. The van der Waals surface area contributed by atoms with E-state index in [4.69, 9.17) is 5.73 Å². The third-order valence-electron chi connectivity index (χ3n) is 1.80. The Morgan fingerprint density at radius 2 is 2.13 bits per heavy atom. The van der Waals surface area contributed by atoms with Crippen molar-refractivity contribution in [3.05, 3.63) is 29.6 Å². The first kappa shape index (κ1) is 11.5. The van der Waals surface area contributed by atoms with Crippen molar-refractivity contribution in [3.63, 3.8) is 0 Å². The summed E-state index contributed by atoms with van der Waals surface area (Å²) in [5.74, 6) is -0.764. The molecule has 0 aliphatic rings. The van der Waals surface area contributed by atoms with Gasteiger partial charge in [-0.25, -0.2) is 0 Å². The molecule has 1 aromatic heterocycles. The molecule has 1 aromatic rings. The van der Waals surface area contributed by atoms with E-state index in [0.29, 0.717) is 0 Å². The highest BCUT2D eigenvalue weighted by Gasteiger charge is 2.27. The third-order valence-corrected chi connectivity index (χ3v) is 1.80. The molecule has 0 aliphatic heterocycles. The number of aromatic nitrogens is 1. The minimum atomic E-state index is -4.26. The lowest BCUT2D eigenvalue weighted by molar-refractivity contribution is -0.134. The van der Waals surface area contributed by atoms with Gasteiger partial charge in [-0.3, -0.25) is 9.78 Å². The topological polar surface area (TPSA) is 56.0 Å². The molecule has 2 N–H and O–H groups in total. The van der Waals surface area contributed by atoms with Gasteiger partial charge in [0.25, 0.3) is 5.91 Å². The number of amides is 1. The van der Waals surface area contributed by atoms with E-state index < -0.39 is 18.5 Å². The summed E-state index contributed by atoms with van der Waals surface area (Å²) in [6.45, 7) is 0. The Hall–Kier alpha value is -1.59. The number of alkyl halides is 3. The Labute approximate surface area is 84.1 Å². The van der Waals surface area contributed by atoms with Gasteiger partial charge in [0.05, 0.1) is 11.3 Å². The van der Waals surface area contributed by atoms with Crippen molar-refractivity contribution >= 4 is 5.91 Å². The summed E-state index contributed by atoms with van der Waals surface area (Å²) in [4.78, 5) is 14.5. The Morgan fingerprint density at radius 3 is 2.67 bits per heavy atom. The van der Waals surface area contributed by atoms with Crippen LogP contribution >= 0.6 is 0 Å². The van der Waals surface area contributed by atoms with Crippen LogP contribution in [0.2, 0.25) is 0 Å². The zero-order valence-electron chi connectivity index (χ0n) is 7.71. The van der Waals surface area contributed by atoms with Crippen LogP contribution in [-0.2, 0) is 6.42 Å². The molecule has 0 atom stereocenters. The average Bonchev–Trinajstić information content (AvgIpc) is 2.14. The molecule has 0 aromatic carbocycles. The number of hydrogen-bond acceptors (Lipinski definition) is 2. The molecular weight excluding hydrogens is 209 g/mol. The second-order valence-corrected chi connectivity index (χ2v) is 2.98. The Bertz CT molecular complexity index is 363. The van der Waals surface area contributed by atoms with Crippen LogP contribution in [0, 0.1) is 0 Å². The van der Waals surface area contributed by atoms with Gasteiger partial charge in [0.15, 0.2) is 0 Å². The summed E-state index contributed by atoms with van der Waals surface area (Å²) in [5.41, 5.74) is 5.12. The maximum atomic E-state index is 11.9. The van der Waals surface area contributed by atoms with Crippen LogP contribution in [0.5, 0.6) is 0 Å². The third kappa shape index (κ3) is 3.57. The monoisotopic (exact) mass is 218 g/mol. The highest BCUT2D eigenvalue weighted by Crippen LogP contribution is 2.22. The second-order valence-electron chi connectivity index (χ2n) is 2.98. The van der Waals surface area contributed by atoms with E-state index in [-0.39, 0.29) is 17.7 Å². The van der Waals surface area contributed by atoms with Gasteiger partial charge in [0.1, 0.15) is 0 Å². The highest BCUT2D eigenvalue weighted by molar-refractivity contribution is 5.93. The van der Waals surface area contributed by atoms with E-state index in [1.54, 1.807) is 0 Å². The van der Waals surface area contributed by atoms with E-state index in [2.05, 4.69) is 4.98 Å². The maximum absolute atomic E-state index is 11.9. The van der Waals surface area contributed by atoms with Crippen molar-refractivity contribution in [3.8, 4) is 0 Å². The van der Waals surface area contributed by atoms with Crippen LogP contribution in [0.3, 0.4) is 0 Å². The van der Waals surface area contributed by atoms with Gasteiger partial charge in [-0.2, -0.15) is 13.2 Å². The van der Waals surface area contributed by atoms with E-state index in [9.17, 15) is 18.0 Å². The molecule has 3 nitrogen and oxygen atoms in total. The average molecular weight is 218 g/mol. The molecule has 82 valence electrons. The van der Waals surface area contributed by atoms with Gasteiger partial charge in [0, 0.05) is 12.6 Å². The van der Waals surface area contributed by atoms with Crippen LogP contribution < -0.4 is 5.73 Å². The van der Waals surface area contributed by atoms with Crippen LogP contribution in [0.15, 0.2) is 18.3 Å². The summed E-state index contributed by atoms with van der Waals surface area (Å²) in [6.07, 6.45) is -4.27. The smallest absolute Gasteiger partial charge is 0.366 e. The van der Waals surface area contributed by atoms with Gasteiger partial charge in [-0.15, -0.1) is 0 Å². The molecule has 0 unspecified atom stereocenters. The summed E-state index contributed by atoms with van der Waals surface area (Å²) in [6, 6.07) is 2.82. The first-order valence-corrected chi connectivity index (χ1v) is 4.20. The number of nitrogens with two attached hydrogens (primary N) is 1. The maximum Gasteiger partial charge on any atom is 0.389 e. The predicted molar refractivity (Wildman–Crippen MR) is 47.1 cm³/mol. The Balaban J connectivity index is 2.81. The number of nitrogens with zero attached hydrogens (tertiary/aromatic N) is 1. The molecule has 0 saturated heterocycles. The van der Waals surface area contributed by atoms with Gasteiger partial charge >= 0.3 is 6.18 Å². The van der Waals surface area contributed by atoms with Crippen molar-refractivity contribution in [2.75, 3.05) is 0 Å². The molecule has 0 radical (unpaired) electrons. The zero-order chi connectivity index (χ0) is 11.5. The lowest BCUT2D eigenvalue weighted by Crippen LogP contribution is -2.16. The number of carbonyl (C=O) groups is 1. The first-order valence-electron chi connectivity index (χ1n) is 4.20. The molecule has 15 heavy (non-hydrogen) atoms. The van der Waals surface area contributed by atoms with Crippen LogP contribution in [0.4, 0.5) is 13.2 Å². The van der Waals surface area contributed by atoms with Gasteiger partial charge < -0.3 is 5.73 Å². The molecule has 0 fully saturated rings. The molecule has 1 rings (SSSR count). The SMILES string of the molecule is NC(=O)c1cccnc1CCC(F)(F)F. The molecule has 1 heterocycles. The molecule has 0 bridgehead atoms. The molecule has 6 heteroatoms. The normalized spacial score (nSPS) is 11.4. The van der Waals surface area contributed by atoms with Crippen LogP contribution in [0.1, 0.15) is 22.5 Å². The summed E-state index contributed by atoms with van der Waals surface area (Å²) in [7, 11) is 0. The van der Waals surface area contributed by atoms with Crippen molar-refractivity contribution in [2.45, 2.75) is 19.0 Å². The summed E-state index contributed by atoms with van der Waals surface area (Å²) in [5, 5.41) is 0. The lowest BCUT2D eigenvalue weighted by atomic mass is 10.1. The largest absolute Gasteiger partial charge is 0.389 e. The van der Waals surface area contributed by atoms with Crippen LogP contribution in [0.25, 0.3) is 0 Å². The van der Waals surface area contributed by atoms with Crippen molar-refractivity contribution in [1.82, 2.24) is 4.98 Å². The minimum absolute atomic E-state index is 0.0433. The highest BCUT2D eigenvalue weighted by atomic mass is 19.4. The Kier molecular flexibility index (Phi) is 3.28. The van der Waals surface area contributed by atoms with Crippen molar-refractivity contribution in [1.29, 1.82) is 0 Å².